The largest absolute Gasteiger partial charge is 0.462 e. The molecule has 0 fully saturated rings. The van der Waals surface area contributed by atoms with Crippen molar-refractivity contribution in [2.24, 2.45) is 0 Å². The van der Waals surface area contributed by atoms with E-state index in [0.29, 0.717) is 19.3 Å². The molecule has 1 unspecified atom stereocenters. The number of hydrogen-bond acceptors (Lipinski definition) is 6. The molecule has 0 bridgehead atoms. The van der Waals surface area contributed by atoms with Crippen LogP contribution in [0, 0.1) is 0 Å². The van der Waals surface area contributed by atoms with E-state index in [1.807, 2.05) is 6.08 Å². The Morgan fingerprint density at radius 2 is 0.560 bits per heavy atom. The molecule has 0 saturated heterocycles. The van der Waals surface area contributed by atoms with E-state index in [1.54, 1.807) is 6.08 Å². The number of hydrogen-bond donors (Lipinski definition) is 0. The second-order valence-electron chi connectivity index (χ2n) is 19.2. The minimum atomic E-state index is -0.847. The quantitative estimate of drug-likeness (QED) is 0.0261. The molecule has 0 aromatic heterocycles. The average molecular weight is 1030 g/mol. The van der Waals surface area contributed by atoms with Gasteiger partial charge >= 0.3 is 17.9 Å². The number of unbranched alkanes of at least 4 members (excludes halogenated alkanes) is 16. The van der Waals surface area contributed by atoms with Crippen molar-refractivity contribution in [2.45, 2.75) is 245 Å². The summed E-state index contributed by atoms with van der Waals surface area (Å²) in [7, 11) is 0. The molecule has 1 atom stereocenters. The molecule has 0 radical (unpaired) electrons. The summed E-state index contributed by atoms with van der Waals surface area (Å²) < 4.78 is 16.7. The SMILES string of the molecule is CC/C=C\C/C=C\C/C=C\C/C=C\C/C=C\C/C=C\CCCCCCCCCCCCC(=O)OCC(COC(=O)CCCCCCC/C=C\C/C=C\CCC)OC(=O)C/C=C\C/C=C\C/C=C\C/C=C\C/C=C\CC. The summed E-state index contributed by atoms with van der Waals surface area (Å²) in [6.45, 7) is 6.23. The minimum absolute atomic E-state index is 0.0861. The Balaban J connectivity index is 4.38. The van der Waals surface area contributed by atoms with Gasteiger partial charge in [0, 0.05) is 12.8 Å². The normalized spacial score (nSPS) is 13.3. The van der Waals surface area contributed by atoms with Crippen molar-refractivity contribution in [2.75, 3.05) is 13.2 Å². The van der Waals surface area contributed by atoms with E-state index in [4.69, 9.17) is 14.2 Å². The van der Waals surface area contributed by atoms with Crippen LogP contribution in [0.25, 0.3) is 0 Å². The van der Waals surface area contributed by atoms with Gasteiger partial charge in [-0.15, -0.1) is 0 Å². The molecule has 6 nitrogen and oxygen atoms in total. The van der Waals surface area contributed by atoms with Gasteiger partial charge in [-0.2, -0.15) is 0 Å². The van der Waals surface area contributed by atoms with Crippen LogP contribution in [0.2, 0.25) is 0 Å². The van der Waals surface area contributed by atoms with Gasteiger partial charge in [-0.25, -0.2) is 0 Å². The lowest BCUT2D eigenvalue weighted by atomic mass is 10.1. The third kappa shape index (κ3) is 59.8. The second kappa shape index (κ2) is 61.6. The number of carbonyl (C=O) groups excluding carboxylic acids is 3. The van der Waals surface area contributed by atoms with Gasteiger partial charge < -0.3 is 14.2 Å². The van der Waals surface area contributed by atoms with Crippen LogP contribution >= 0.6 is 0 Å². The van der Waals surface area contributed by atoms with Gasteiger partial charge in [-0.05, 0) is 122 Å². The molecule has 0 N–H and O–H groups in total. The van der Waals surface area contributed by atoms with E-state index < -0.39 is 12.1 Å². The molecule has 6 heteroatoms. The molecular formula is C69H108O6. The van der Waals surface area contributed by atoms with Crippen molar-refractivity contribution in [3.63, 3.8) is 0 Å². The Labute approximate surface area is 460 Å². The monoisotopic (exact) mass is 1030 g/mol. The Morgan fingerprint density at radius 3 is 0.880 bits per heavy atom. The first-order valence-electron chi connectivity index (χ1n) is 30.0. The van der Waals surface area contributed by atoms with E-state index in [-0.39, 0.29) is 31.6 Å². The van der Waals surface area contributed by atoms with Gasteiger partial charge in [-0.3, -0.25) is 14.4 Å². The van der Waals surface area contributed by atoms with Crippen molar-refractivity contribution in [1.29, 1.82) is 0 Å². The predicted molar refractivity (Wildman–Crippen MR) is 325 cm³/mol. The molecule has 0 heterocycles. The maximum Gasteiger partial charge on any atom is 0.310 e. The zero-order valence-corrected chi connectivity index (χ0v) is 48.0. The fourth-order valence-corrected chi connectivity index (χ4v) is 7.62. The minimum Gasteiger partial charge on any atom is -0.462 e. The van der Waals surface area contributed by atoms with Crippen LogP contribution in [0.1, 0.15) is 239 Å². The lowest BCUT2D eigenvalue weighted by molar-refractivity contribution is -0.166. The standard InChI is InChI=1S/C69H108O6/c1-4-7-10-13-16-19-22-25-27-28-29-30-31-32-33-34-35-36-37-38-39-40-42-44-47-50-53-56-59-62-68(71)74-65-66(64-73-67(70)61-58-55-52-49-46-43-24-21-18-15-12-9-6-3)75-69(72)63-60-57-54-51-48-45-41-26-23-20-17-14-11-8-5-2/h7-8,10-12,15-17,19-21,24-27,29-30,32-33,35-36,41,48,51,57,60,66H,4-6,9,13-14,18,22-23,28,31,34,37-40,42-47,49-50,52-56,58-59,61-65H2,1-3H3/b10-7-,11-8-,15-12-,19-16-,20-17-,24-21-,27-25-,30-29-,33-32-,36-35-,41-26-,51-48-,60-57-. The fraction of sp³-hybridized carbons (Fsp3) is 0.580. The van der Waals surface area contributed by atoms with Crippen LogP contribution in [-0.2, 0) is 28.6 Å². The highest BCUT2D eigenvalue weighted by atomic mass is 16.6. The zero-order valence-electron chi connectivity index (χ0n) is 48.0. The fourth-order valence-electron chi connectivity index (χ4n) is 7.62. The first-order chi connectivity index (χ1) is 37.0. The van der Waals surface area contributed by atoms with Crippen LogP contribution in [0.4, 0.5) is 0 Å². The van der Waals surface area contributed by atoms with Crippen molar-refractivity contribution < 1.29 is 28.6 Å². The maximum atomic E-state index is 12.8. The summed E-state index contributed by atoms with van der Waals surface area (Å²) in [5.74, 6) is -1.09. The van der Waals surface area contributed by atoms with Gasteiger partial charge in [0.1, 0.15) is 13.2 Å². The molecule has 0 amide bonds. The van der Waals surface area contributed by atoms with Gasteiger partial charge in [0.05, 0.1) is 6.42 Å². The van der Waals surface area contributed by atoms with Gasteiger partial charge in [0.15, 0.2) is 6.10 Å². The van der Waals surface area contributed by atoms with E-state index in [1.165, 1.54) is 51.4 Å². The summed E-state index contributed by atoms with van der Waals surface area (Å²) >= 11 is 0. The molecule has 420 valence electrons. The molecule has 75 heavy (non-hydrogen) atoms. The highest BCUT2D eigenvalue weighted by Crippen LogP contribution is 2.14. The number of ether oxygens (including phenoxy) is 3. The highest BCUT2D eigenvalue weighted by Gasteiger charge is 2.19. The predicted octanol–water partition coefficient (Wildman–Crippen LogP) is 20.5. The Hall–Kier alpha value is -4.97. The smallest absolute Gasteiger partial charge is 0.310 e. The molecule has 0 aliphatic rings. The van der Waals surface area contributed by atoms with Crippen molar-refractivity contribution >= 4 is 17.9 Å². The van der Waals surface area contributed by atoms with Crippen LogP contribution in [0.3, 0.4) is 0 Å². The topological polar surface area (TPSA) is 78.9 Å². The van der Waals surface area contributed by atoms with Crippen LogP contribution in [0.5, 0.6) is 0 Å². The summed E-state index contributed by atoms with van der Waals surface area (Å²) in [5, 5.41) is 0. The third-order valence-electron chi connectivity index (χ3n) is 12.0. The zero-order chi connectivity index (χ0) is 54.3. The first-order valence-corrected chi connectivity index (χ1v) is 30.0. The van der Waals surface area contributed by atoms with E-state index in [2.05, 4.69) is 167 Å². The second-order valence-corrected chi connectivity index (χ2v) is 19.2. The summed E-state index contributed by atoms with van der Waals surface area (Å²) in [6, 6.07) is 0. The van der Waals surface area contributed by atoms with Gasteiger partial charge in [0.2, 0.25) is 0 Å². The molecule has 0 saturated carbocycles. The van der Waals surface area contributed by atoms with Crippen LogP contribution in [-0.4, -0.2) is 37.2 Å². The molecular weight excluding hydrogens is 925 g/mol. The van der Waals surface area contributed by atoms with E-state index >= 15 is 0 Å². The number of esters is 3. The van der Waals surface area contributed by atoms with E-state index in [0.717, 1.165) is 141 Å². The highest BCUT2D eigenvalue weighted by molar-refractivity contribution is 5.72. The first kappa shape index (κ1) is 70.0. The third-order valence-corrected chi connectivity index (χ3v) is 12.0. The Morgan fingerprint density at radius 1 is 0.293 bits per heavy atom. The van der Waals surface area contributed by atoms with Crippen molar-refractivity contribution in [1.82, 2.24) is 0 Å². The number of rotatable bonds is 52. The van der Waals surface area contributed by atoms with Crippen LogP contribution in [0.15, 0.2) is 158 Å². The van der Waals surface area contributed by atoms with Crippen molar-refractivity contribution in [3.8, 4) is 0 Å². The van der Waals surface area contributed by atoms with Gasteiger partial charge in [0.25, 0.3) is 0 Å². The van der Waals surface area contributed by atoms with Gasteiger partial charge in [-0.1, -0.05) is 256 Å². The number of allylic oxidation sites excluding steroid dienone is 25. The summed E-state index contributed by atoms with van der Waals surface area (Å²) in [4.78, 5) is 38.1. The molecule has 0 aromatic rings. The number of carbonyl (C=O) groups is 3. The Bertz CT molecular complexity index is 1710. The molecule has 0 aromatic carbocycles. The lowest BCUT2D eigenvalue weighted by Crippen LogP contribution is -2.30. The molecule has 0 rings (SSSR count). The molecule has 0 aliphatic carbocycles. The average Bonchev–Trinajstić information content (AvgIpc) is 3.41. The lowest BCUT2D eigenvalue weighted by Gasteiger charge is -2.18. The molecule has 0 spiro atoms. The van der Waals surface area contributed by atoms with E-state index in [9.17, 15) is 14.4 Å². The Kier molecular flexibility index (Phi) is 57.5. The van der Waals surface area contributed by atoms with Crippen LogP contribution < -0.4 is 0 Å². The summed E-state index contributed by atoms with van der Waals surface area (Å²) in [5.41, 5.74) is 0. The van der Waals surface area contributed by atoms with Crippen molar-refractivity contribution in [3.05, 3.63) is 158 Å². The maximum absolute atomic E-state index is 12.8. The molecule has 0 aliphatic heterocycles. The summed E-state index contributed by atoms with van der Waals surface area (Å²) in [6.07, 6.45) is 89.9.